The van der Waals surface area contributed by atoms with Crippen LogP contribution in [0.2, 0.25) is 0 Å². The molecule has 3 aromatic heterocycles. The number of fused-ring (bicyclic) bond motifs is 1. The second-order valence-corrected chi connectivity index (χ2v) is 6.95. The molecule has 0 radical (unpaired) electrons. The molecule has 0 aliphatic rings. The number of anilines is 1. The van der Waals surface area contributed by atoms with E-state index in [2.05, 4.69) is 52.1 Å². The van der Waals surface area contributed by atoms with E-state index in [0.29, 0.717) is 6.54 Å². The number of hydrogen-bond donors (Lipinski definition) is 3. The molecule has 0 fully saturated rings. The third-order valence-corrected chi connectivity index (χ3v) is 3.70. The number of nitrogens with zero attached hydrogens (tertiary/aromatic N) is 3. The van der Waals surface area contributed by atoms with E-state index in [4.69, 9.17) is 9.90 Å². The van der Waals surface area contributed by atoms with Gasteiger partial charge in [-0.1, -0.05) is 26.8 Å². The lowest BCUT2D eigenvalue weighted by molar-refractivity contribution is -0.192. The molecular weight excluding hydrogens is 375 g/mol. The topological polar surface area (TPSA) is 104 Å². The van der Waals surface area contributed by atoms with Gasteiger partial charge in [-0.25, -0.2) is 14.8 Å². The first kappa shape index (κ1) is 21.1. The lowest BCUT2D eigenvalue weighted by atomic mass is 9.88. The minimum absolute atomic E-state index is 0.101. The highest BCUT2D eigenvalue weighted by Crippen LogP contribution is 2.22. The van der Waals surface area contributed by atoms with E-state index in [-0.39, 0.29) is 5.41 Å². The summed E-state index contributed by atoms with van der Waals surface area (Å²) in [4.78, 5) is 25.0. The quantitative estimate of drug-likeness (QED) is 0.622. The van der Waals surface area contributed by atoms with Crippen molar-refractivity contribution in [1.82, 2.24) is 19.9 Å². The highest BCUT2D eigenvalue weighted by Gasteiger charge is 2.38. The van der Waals surface area contributed by atoms with E-state index in [1.54, 1.807) is 12.5 Å². The molecule has 0 saturated heterocycles. The van der Waals surface area contributed by atoms with Gasteiger partial charge in [0.2, 0.25) is 0 Å². The summed E-state index contributed by atoms with van der Waals surface area (Å²) >= 11 is 0. The molecule has 0 spiro atoms. The highest BCUT2D eigenvalue weighted by atomic mass is 19.4. The fourth-order valence-electron chi connectivity index (χ4n) is 2.18. The number of hydrogen-bond acceptors (Lipinski definition) is 5. The molecule has 3 rings (SSSR count). The van der Waals surface area contributed by atoms with Gasteiger partial charge < -0.3 is 15.4 Å². The van der Waals surface area contributed by atoms with Gasteiger partial charge in [-0.2, -0.15) is 13.2 Å². The summed E-state index contributed by atoms with van der Waals surface area (Å²) in [5.41, 5.74) is 4.31. The van der Waals surface area contributed by atoms with Crippen LogP contribution in [0.5, 0.6) is 0 Å². The molecule has 0 bridgehead atoms. The molecule has 7 nitrogen and oxygen atoms in total. The fourth-order valence-corrected chi connectivity index (χ4v) is 2.18. The van der Waals surface area contributed by atoms with Gasteiger partial charge in [0.1, 0.15) is 5.52 Å². The first-order valence-electron chi connectivity index (χ1n) is 8.25. The number of pyridine rings is 2. The Bertz CT molecular complexity index is 948. The molecule has 0 aromatic carbocycles. The van der Waals surface area contributed by atoms with E-state index in [0.717, 1.165) is 22.4 Å². The Morgan fingerprint density at radius 1 is 1.21 bits per heavy atom. The fraction of sp³-hybridized carbons (Fsp3) is 0.333. The standard InChI is InChI=1S/C16H19N5.C2HF3O2/c1-16(2,3)12-6-11(7-17-9-12)8-19-15-14-13(4-5-18-15)20-10-21-14;3-2(4,5)1(6)7/h4-7,9-10H,8H2,1-3H3,(H,18,19)(H,20,21);(H,6,7). The maximum absolute atomic E-state index is 10.6. The molecule has 0 aliphatic heterocycles. The summed E-state index contributed by atoms with van der Waals surface area (Å²) in [6, 6.07) is 4.10. The summed E-state index contributed by atoms with van der Waals surface area (Å²) in [5, 5.41) is 10.5. The summed E-state index contributed by atoms with van der Waals surface area (Å²) in [6.07, 6.45) is 2.18. The van der Waals surface area contributed by atoms with Gasteiger partial charge in [-0.15, -0.1) is 0 Å². The number of halogens is 3. The minimum atomic E-state index is -5.08. The molecule has 3 aromatic rings. The van der Waals surface area contributed by atoms with Crippen molar-refractivity contribution < 1.29 is 23.1 Å². The normalized spacial score (nSPS) is 11.6. The summed E-state index contributed by atoms with van der Waals surface area (Å²) in [5.74, 6) is -1.97. The molecular formula is C18H20F3N5O2. The molecule has 3 heterocycles. The van der Waals surface area contributed by atoms with Crippen molar-refractivity contribution in [1.29, 1.82) is 0 Å². The van der Waals surface area contributed by atoms with Crippen LogP contribution in [0, 0.1) is 0 Å². The third kappa shape index (κ3) is 5.66. The second kappa shape index (κ2) is 8.24. The number of aromatic amines is 1. The highest BCUT2D eigenvalue weighted by molar-refractivity contribution is 5.85. The lowest BCUT2D eigenvalue weighted by Gasteiger charge is -2.19. The Hall–Kier alpha value is -3.17. The smallest absolute Gasteiger partial charge is 0.475 e. The number of carbonyl (C=O) groups is 1. The molecule has 0 atom stereocenters. The summed E-state index contributed by atoms with van der Waals surface area (Å²) < 4.78 is 31.7. The van der Waals surface area contributed by atoms with E-state index in [1.165, 1.54) is 5.56 Å². The second-order valence-electron chi connectivity index (χ2n) is 6.95. The van der Waals surface area contributed by atoms with Gasteiger partial charge in [-0.05, 0) is 22.6 Å². The zero-order chi connectivity index (χ0) is 20.9. The van der Waals surface area contributed by atoms with Crippen LogP contribution in [0.3, 0.4) is 0 Å². The number of alkyl halides is 3. The predicted molar refractivity (Wildman–Crippen MR) is 97.8 cm³/mol. The number of aromatic nitrogens is 4. The molecule has 150 valence electrons. The Labute approximate surface area is 159 Å². The molecule has 28 heavy (non-hydrogen) atoms. The monoisotopic (exact) mass is 395 g/mol. The first-order valence-corrected chi connectivity index (χ1v) is 8.25. The molecule has 0 saturated carbocycles. The average molecular weight is 395 g/mol. The number of H-pyrrole nitrogens is 1. The maximum Gasteiger partial charge on any atom is 0.490 e. The number of nitrogens with one attached hydrogen (secondary N) is 2. The Morgan fingerprint density at radius 3 is 2.50 bits per heavy atom. The largest absolute Gasteiger partial charge is 0.490 e. The van der Waals surface area contributed by atoms with Crippen molar-refractivity contribution in [3.05, 3.63) is 48.2 Å². The van der Waals surface area contributed by atoms with Gasteiger partial charge in [-0.3, -0.25) is 4.98 Å². The first-order chi connectivity index (χ1) is 13.0. The van der Waals surface area contributed by atoms with E-state index >= 15 is 0 Å². The minimum Gasteiger partial charge on any atom is -0.475 e. The number of carboxylic acids is 1. The molecule has 0 aliphatic carbocycles. The van der Waals surface area contributed by atoms with Crippen molar-refractivity contribution >= 4 is 22.8 Å². The number of imidazole rings is 1. The van der Waals surface area contributed by atoms with E-state index < -0.39 is 12.1 Å². The lowest BCUT2D eigenvalue weighted by Crippen LogP contribution is -2.21. The Balaban J connectivity index is 0.000000345. The van der Waals surface area contributed by atoms with Crippen molar-refractivity contribution in [3.63, 3.8) is 0 Å². The third-order valence-electron chi connectivity index (χ3n) is 3.70. The number of aliphatic carboxylic acids is 1. The molecule has 10 heteroatoms. The zero-order valence-electron chi connectivity index (χ0n) is 15.5. The van der Waals surface area contributed by atoms with Gasteiger partial charge in [0, 0.05) is 25.1 Å². The van der Waals surface area contributed by atoms with Gasteiger partial charge >= 0.3 is 12.1 Å². The average Bonchev–Trinajstić information content (AvgIpc) is 3.08. The van der Waals surface area contributed by atoms with Crippen molar-refractivity contribution in [2.75, 3.05) is 5.32 Å². The van der Waals surface area contributed by atoms with Crippen LogP contribution >= 0.6 is 0 Å². The van der Waals surface area contributed by atoms with Crippen LogP contribution in [-0.2, 0) is 16.8 Å². The van der Waals surface area contributed by atoms with Crippen LogP contribution in [0.25, 0.3) is 11.0 Å². The Morgan fingerprint density at radius 2 is 1.89 bits per heavy atom. The summed E-state index contributed by atoms with van der Waals surface area (Å²) in [6.45, 7) is 7.24. The molecule has 0 amide bonds. The van der Waals surface area contributed by atoms with Crippen LogP contribution < -0.4 is 5.32 Å². The van der Waals surface area contributed by atoms with Crippen molar-refractivity contribution in [2.24, 2.45) is 0 Å². The molecule has 3 N–H and O–H groups in total. The van der Waals surface area contributed by atoms with Gasteiger partial charge in [0.25, 0.3) is 0 Å². The molecule has 0 unspecified atom stereocenters. The van der Waals surface area contributed by atoms with Crippen molar-refractivity contribution in [3.8, 4) is 0 Å². The van der Waals surface area contributed by atoms with E-state index in [1.807, 2.05) is 18.5 Å². The SMILES string of the molecule is CC(C)(C)c1cncc(CNc2nccc3[nH]cnc23)c1.O=C(O)C(F)(F)F. The van der Waals surface area contributed by atoms with Gasteiger partial charge in [0.15, 0.2) is 5.82 Å². The number of carboxylic acid groups (broad SMARTS) is 1. The van der Waals surface area contributed by atoms with Gasteiger partial charge in [0.05, 0.1) is 11.8 Å². The van der Waals surface area contributed by atoms with Crippen LogP contribution in [0.1, 0.15) is 31.9 Å². The van der Waals surface area contributed by atoms with Crippen molar-refractivity contribution in [2.45, 2.75) is 38.9 Å². The summed E-state index contributed by atoms with van der Waals surface area (Å²) in [7, 11) is 0. The Kier molecular flexibility index (Phi) is 6.22. The zero-order valence-corrected chi connectivity index (χ0v) is 15.5. The van der Waals surface area contributed by atoms with Crippen LogP contribution in [-0.4, -0.2) is 37.2 Å². The van der Waals surface area contributed by atoms with Crippen LogP contribution in [0.4, 0.5) is 19.0 Å². The van der Waals surface area contributed by atoms with Crippen LogP contribution in [0.15, 0.2) is 37.1 Å². The maximum atomic E-state index is 10.6. The predicted octanol–water partition coefficient (Wildman–Crippen LogP) is 3.90. The number of rotatable bonds is 3. The van der Waals surface area contributed by atoms with E-state index in [9.17, 15) is 13.2 Å².